The summed E-state index contributed by atoms with van der Waals surface area (Å²) in [7, 11) is 1.70. The Labute approximate surface area is 119 Å². The van der Waals surface area contributed by atoms with Crippen LogP contribution in [0.2, 0.25) is 0 Å². The molecule has 0 heterocycles. The van der Waals surface area contributed by atoms with Gasteiger partial charge in [0.05, 0.1) is 7.11 Å². The van der Waals surface area contributed by atoms with Crippen molar-refractivity contribution in [2.75, 3.05) is 25.7 Å². The highest BCUT2D eigenvalue weighted by Crippen LogP contribution is 2.19. The molecule has 0 radical (unpaired) electrons. The smallest absolute Gasteiger partial charge is 0.118 e. The number of rotatable bonds is 9. The molecule has 2 nitrogen and oxygen atoms in total. The van der Waals surface area contributed by atoms with Gasteiger partial charge >= 0.3 is 0 Å². The van der Waals surface area contributed by atoms with Gasteiger partial charge in [-0.25, -0.2) is 0 Å². The molecular formula is C15H23BrO2. The number of methoxy groups -OCH3 is 1. The largest absolute Gasteiger partial charge is 0.497 e. The Hall–Kier alpha value is -0.540. The van der Waals surface area contributed by atoms with Crippen LogP contribution >= 0.6 is 15.9 Å². The molecule has 0 N–H and O–H groups in total. The van der Waals surface area contributed by atoms with E-state index < -0.39 is 0 Å². The van der Waals surface area contributed by atoms with Crippen LogP contribution in [0.3, 0.4) is 0 Å². The van der Waals surface area contributed by atoms with Crippen LogP contribution in [0, 0.1) is 5.92 Å². The van der Waals surface area contributed by atoms with Gasteiger partial charge in [0.1, 0.15) is 5.75 Å². The van der Waals surface area contributed by atoms with Crippen LogP contribution in [0.4, 0.5) is 0 Å². The molecule has 0 aliphatic carbocycles. The first-order chi connectivity index (χ1) is 8.80. The molecule has 0 aliphatic rings. The Morgan fingerprint density at radius 1 is 1.22 bits per heavy atom. The molecule has 0 aromatic heterocycles. The lowest BCUT2D eigenvalue weighted by molar-refractivity contribution is 0.140. The summed E-state index contributed by atoms with van der Waals surface area (Å²) in [6.45, 7) is 3.74. The number of benzene rings is 1. The predicted molar refractivity (Wildman–Crippen MR) is 79.7 cm³/mol. The Morgan fingerprint density at radius 3 is 2.50 bits per heavy atom. The molecule has 1 aromatic carbocycles. The first-order valence-corrected chi connectivity index (χ1v) is 7.69. The van der Waals surface area contributed by atoms with Crippen LogP contribution in [0.1, 0.15) is 25.3 Å². The summed E-state index contributed by atoms with van der Waals surface area (Å²) >= 11 is 3.61. The maximum Gasteiger partial charge on any atom is 0.118 e. The molecule has 102 valence electrons. The van der Waals surface area contributed by atoms with E-state index in [1.807, 2.05) is 19.1 Å². The van der Waals surface area contributed by atoms with Crippen LogP contribution in [0.15, 0.2) is 24.3 Å². The second kappa shape index (κ2) is 9.40. The fourth-order valence-electron chi connectivity index (χ4n) is 1.95. The molecule has 3 heteroatoms. The summed E-state index contributed by atoms with van der Waals surface area (Å²) in [5, 5.41) is 1.05. The Balaban J connectivity index is 2.36. The molecule has 1 rings (SSSR count). The molecular weight excluding hydrogens is 292 g/mol. The average Bonchev–Trinajstić information content (AvgIpc) is 2.43. The standard InChI is InChI=1S/C15H23BrO2/c1-3-18-10-4-5-14(12-16)11-13-6-8-15(17-2)9-7-13/h6-9,14H,3-5,10-12H2,1-2H3. The van der Waals surface area contributed by atoms with Crippen LogP contribution < -0.4 is 4.74 Å². The highest BCUT2D eigenvalue weighted by molar-refractivity contribution is 9.09. The summed E-state index contributed by atoms with van der Waals surface area (Å²) < 4.78 is 10.5. The lowest BCUT2D eigenvalue weighted by Crippen LogP contribution is -2.08. The maximum absolute atomic E-state index is 5.38. The molecule has 1 aromatic rings. The minimum Gasteiger partial charge on any atom is -0.497 e. The minimum atomic E-state index is 0.679. The van der Waals surface area contributed by atoms with Crippen molar-refractivity contribution < 1.29 is 9.47 Å². The Kier molecular flexibility index (Phi) is 8.10. The van der Waals surface area contributed by atoms with E-state index in [0.717, 1.165) is 37.1 Å². The van der Waals surface area contributed by atoms with E-state index >= 15 is 0 Å². The average molecular weight is 315 g/mol. The SMILES string of the molecule is CCOCCCC(CBr)Cc1ccc(OC)cc1. The summed E-state index contributed by atoms with van der Waals surface area (Å²) in [6, 6.07) is 8.36. The van der Waals surface area contributed by atoms with E-state index in [-0.39, 0.29) is 0 Å². The van der Waals surface area contributed by atoms with Gasteiger partial charge in [-0.15, -0.1) is 0 Å². The maximum atomic E-state index is 5.38. The third kappa shape index (κ3) is 5.87. The van der Waals surface area contributed by atoms with Gasteiger partial charge in [-0.1, -0.05) is 28.1 Å². The number of hydrogen-bond acceptors (Lipinski definition) is 2. The molecule has 0 amide bonds. The van der Waals surface area contributed by atoms with E-state index in [2.05, 4.69) is 28.1 Å². The van der Waals surface area contributed by atoms with Crippen LogP contribution in [-0.2, 0) is 11.2 Å². The van der Waals surface area contributed by atoms with Gasteiger partial charge < -0.3 is 9.47 Å². The molecule has 0 saturated carbocycles. The molecule has 1 unspecified atom stereocenters. The minimum absolute atomic E-state index is 0.679. The summed E-state index contributed by atoms with van der Waals surface area (Å²) in [5.41, 5.74) is 1.37. The number of ether oxygens (including phenoxy) is 2. The third-order valence-corrected chi connectivity index (χ3v) is 3.92. The van der Waals surface area contributed by atoms with Gasteiger partial charge in [0, 0.05) is 18.5 Å². The normalized spacial score (nSPS) is 12.4. The van der Waals surface area contributed by atoms with Crippen molar-refractivity contribution in [1.82, 2.24) is 0 Å². The first kappa shape index (κ1) is 15.5. The van der Waals surface area contributed by atoms with E-state index in [4.69, 9.17) is 9.47 Å². The van der Waals surface area contributed by atoms with E-state index in [1.165, 1.54) is 12.0 Å². The van der Waals surface area contributed by atoms with Gasteiger partial charge in [0.2, 0.25) is 0 Å². The highest BCUT2D eigenvalue weighted by Gasteiger charge is 2.08. The zero-order valence-corrected chi connectivity index (χ0v) is 12.9. The monoisotopic (exact) mass is 314 g/mol. The second-order valence-electron chi connectivity index (χ2n) is 4.41. The molecule has 18 heavy (non-hydrogen) atoms. The van der Waals surface area contributed by atoms with Gasteiger partial charge in [0.25, 0.3) is 0 Å². The van der Waals surface area contributed by atoms with E-state index in [9.17, 15) is 0 Å². The predicted octanol–water partition coefficient (Wildman–Crippen LogP) is 4.07. The van der Waals surface area contributed by atoms with Crippen molar-refractivity contribution in [1.29, 1.82) is 0 Å². The van der Waals surface area contributed by atoms with Crippen molar-refractivity contribution in [2.45, 2.75) is 26.2 Å². The van der Waals surface area contributed by atoms with Crippen LogP contribution in [0.25, 0.3) is 0 Å². The van der Waals surface area contributed by atoms with Gasteiger partial charge in [0.15, 0.2) is 0 Å². The van der Waals surface area contributed by atoms with Crippen LogP contribution in [0.5, 0.6) is 5.75 Å². The van der Waals surface area contributed by atoms with E-state index in [0.29, 0.717) is 5.92 Å². The zero-order chi connectivity index (χ0) is 13.2. The Morgan fingerprint density at radius 2 is 1.94 bits per heavy atom. The van der Waals surface area contributed by atoms with Crippen molar-refractivity contribution >= 4 is 15.9 Å². The van der Waals surface area contributed by atoms with Gasteiger partial charge in [-0.2, -0.15) is 0 Å². The summed E-state index contributed by atoms with van der Waals surface area (Å²) in [6.07, 6.45) is 3.46. The van der Waals surface area contributed by atoms with Gasteiger partial charge in [-0.3, -0.25) is 0 Å². The van der Waals surface area contributed by atoms with E-state index in [1.54, 1.807) is 7.11 Å². The highest BCUT2D eigenvalue weighted by atomic mass is 79.9. The first-order valence-electron chi connectivity index (χ1n) is 6.56. The van der Waals surface area contributed by atoms with Crippen molar-refractivity contribution in [3.05, 3.63) is 29.8 Å². The molecule has 0 fully saturated rings. The Bertz CT molecular complexity index is 311. The van der Waals surface area contributed by atoms with Crippen molar-refractivity contribution in [2.24, 2.45) is 5.92 Å². The third-order valence-electron chi connectivity index (χ3n) is 3.01. The van der Waals surface area contributed by atoms with Crippen molar-refractivity contribution in [3.8, 4) is 5.75 Å². The lowest BCUT2D eigenvalue weighted by Gasteiger charge is -2.14. The molecule has 0 spiro atoms. The molecule has 0 bridgehead atoms. The number of halogens is 1. The van der Waals surface area contributed by atoms with Crippen LogP contribution in [-0.4, -0.2) is 25.7 Å². The zero-order valence-electron chi connectivity index (χ0n) is 11.3. The topological polar surface area (TPSA) is 18.5 Å². The molecule has 0 aliphatic heterocycles. The molecule has 1 atom stereocenters. The summed E-state index contributed by atoms with van der Waals surface area (Å²) in [4.78, 5) is 0. The fraction of sp³-hybridized carbons (Fsp3) is 0.600. The summed E-state index contributed by atoms with van der Waals surface area (Å²) in [5.74, 6) is 1.60. The number of alkyl halides is 1. The van der Waals surface area contributed by atoms with Gasteiger partial charge in [-0.05, 0) is 49.8 Å². The fourth-order valence-corrected chi connectivity index (χ4v) is 2.50. The molecule has 0 saturated heterocycles. The quantitative estimate of drug-likeness (QED) is 0.505. The number of hydrogen-bond donors (Lipinski definition) is 0. The lowest BCUT2D eigenvalue weighted by atomic mass is 9.97. The second-order valence-corrected chi connectivity index (χ2v) is 5.06. The van der Waals surface area contributed by atoms with Crippen molar-refractivity contribution in [3.63, 3.8) is 0 Å².